The van der Waals surface area contributed by atoms with Crippen molar-refractivity contribution < 1.29 is 9.53 Å². The number of carbonyl (C=O) groups is 1. The average molecular weight is 360 g/mol. The molecule has 1 aromatic carbocycles. The lowest BCUT2D eigenvalue weighted by Crippen LogP contribution is -2.42. The van der Waals surface area contributed by atoms with Gasteiger partial charge in [0.15, 0.2) is 0 Å². The first kappa shape index (κ1) is 20.8. The summed E-state index contributed by atoms with van der Waals surface area (Å²) < 4.78 is 4.75. The number of ether oxygens (including phenoxy) is 1. The largest absolute Gasteiger partial charge is 0.453 e. The van der Waals surface area contributed by atoms with E-state index in [4.69, 9.17) is 4.74 Å². The molecule has 3 heteroatoms. The maximum Gasteiger partial charge on any atom is 0.409 e. The fraction of sp³-hybridized carbons (Fsp3) is 0.696. The summed E-state index contributed by atoms with van der Waals surface area (Å²) in [5.41, 5.74) is 3.34. The fourth-order valence-electron chi connectivity index (χ4n) is 4.49. The molecular formula is C23H37NO2. The molecule has 0 N–H and O–H groups in total. The molecule has 3 rings (SSSR count). The minimum atomic E-state index is -0.183. The van der Waals surface area contributed by atoms with Gasteiger partial charge in [-0.15, -0.1) is 0 Å². The maximum atomic E-state index is 11.4. The first-order chi connectivity index (χ1) is 12.2. The van der Waals surface area contributed by atoms with Crippen molar-refractivity contribution in [2.24, 2.45) is 17.3 Å². The lowest BCUT2D eigenvalue weighted by molar-refractivity contribution is 0.0907. The lowest BCUT2D eigenvalue weighted by atomic mass is 9.85. The van der Waals surface area contributed by atoms with Crippen LogP contribution >= 0.6 is 0 Å². The summed E-state index contributed by atoms with van der Waals surface area (Å²) in [4.78, 5) is 13.2. The number of benzene rings is 1. The molecule has 1 unspecified atom stereocenters. The molecule has 0 aromatic heterocycles. The van der Waals surface area contributed by atoms with Gasteiger partial charge in [0.2, 0.25) is 0 Å². The molecule has 2 aliphatic rings. The van der Waals surface area contributed by atoms with Gasteiger partial charge in [-0.2, -0.15) is 0 Å². The topological polar surface area (TPSA) is 29.5 Å². The predicted octanol–water partition coefficient (Wildman–Crippen LogP) is 5.71. The van der Waals surface area contributed by atoms with Crippen LogP contribution in [0.2, 0.25) is 0 Å². The van der Waals surface area contributed by atoms with Crippen molar-refractivity contribution in [3.8, 4) is 0 Å². The number of nitrogens with zero attached hydrogens (tertiary/aromatic N) is 1. The number of methoxy groups -OCH3 is 1. The molecule has 1 aliphatic heterocycles. The zero-order chi connectivity index (χ0) is 19.3. The molecule has 1 fully saturated rings. The van der Waals surface area contributed by atoms with Gasteiger partial charge in [-0.05, 0) is 60.5 Å². The summed E-state index contributed by atoms with van der Waals surface area (Å²) in [5.74, 6) is 1.76. The molecule has 1 heterocycles. The Morgan fingerprint density at radius 1 is 1.19 bits per heavy atom. The van der Waals surface area contributed by atoms with Crippen LogP contribution in [0.1, 0.15) is 65.0 Å². The monoisotopic (exact) mass is 359 g/mol. The summed E-state index contributed by atoms with van der Waals surface area (Å²) >= 11 is 0. The van der Waals surface area contributed by atoms with Crippen LogP contribution in [0.5, 0.6) is 0 Å². The first-order valence-electron chi connectivity index (χ1n) is 10.1. The second-order valence-corrected chi connectivity index (χ2v) is 9.36. The van der Waals surface area contributed by atoms with Gasteiger partial charge in [0, 0.05) is 12.6 Å². The standard InChI is InChI=1S/C13H18.C10H19NO2/c1-10(2)7-11-8-12-5-3-4-6-13(12)9-11;1-10(2,3)8-6-5-7-11(8)9(12)13-4/h3-6,10-11H,7-9H2,1-2H3;8H,5-7H2,1-4H3. The maximum absolute atomic E-state index is 11.4. The number of carbonyl (C=O) groups excluding carboxylic acids is 1. The summed E-state index contributed by atoms with van der Waals surface area (Å²) in [6, 6.07) is 9.23. The molecule has 1 atom stereocenters. The average Bonchev–Trinajstić information content (AvgIpc) is 3.19. The van der Waals surface area contributed by atoms with Gasteiger partial charge in [-0.1, -0.05) is 58.9 Å². The van der Waals surface area contributed by atoms with E-state index in [1.807, 2.05) is 4.90 Å². The highest BCUT2D eigenvalue weighted by Gasteiger charge is 2.37. The van der Waals surface area contributed by atoms with Gasteiger partial charge in [-0.3, -0.25) is 0 Å². The molecule has 1 aliphatic carbocycles. The molecule has 1 aromatic rings. The predicted molar refractivity (Wildman–Crippen MR) is 108 cm³/mol. The van der Waals surface area contributed by atoms with Gasteiger partial charge < -0.3 is 9.64 Å². The zero-order valence-electron chi connectivity index (χ0n) is 17.5. The Balaban J connectivity index is 0.000000187. The minimum Gasteiger partial charge on any atom is -0.453 e. The molecule has 146 valence electrons. The SMILES string of the molecule is CC(C)CC1Cc2ccccc2C1.COC(=O)N1CCCC1C(C)(C)C. The van der Waals surface area contributed by atoms with E-state index in [0.717, 1.165) is 31.2 Å². The van der Waals surface area contributed by atoms with Crippen molar-refractivity contribution in [3.05, 3.63) is 35.4 Å². The molecule has 0 radical (unpaired) electrons. The third kappa shape index (κ3) is 5.49. The molecule has 3 nitrogen and oxygen atoms in total. The normalized spacial score (nSPS) is 20.0. The van der Waals surface area contributed by atoms with E-state index >= 15 is 0 Å². The molecule has 0 saturated carbocycles. The van der Waals surface area contributed by atoms with Crippen LogP contribution < -0.4 is 0 Å². The third-order valence-corrected chi connectivity index (χ3v) is 5.60. The highest BCUT2D eigenvalue weighted by molar-refractivity contribution is 5.68. The van der Waals surface area contributed by atoms with Crippen molar-refractivity contribution in [1.29, 1.82) is 0 Å². The molecule has 26 heavy (non-hydrogen) atoms. The van der Waals surface area contributed by atoms with Gasteiger partial charge in [0.05, 0.1) is 7.11 Å². The van der Waals surface area contributed by atoms with Crippen molar-refractivity contribution in [1.82, 2.24) is 4.90 Å². The summed E-state index contributed by atoms with van der Waals surface area (Å²) in [6.45, 7) is 12.0. The molecule has 1 saturated heterocycles. The highest BCUT2D eigenvalue weighted by atomic mass is 16.5. The number of fused-ring (bicyclic) bond motifs is 1. The van der Waals surface area contributed by atoms with E-state index in [1.54, 1.807) is 11.1 Å². The first-order valence-corrected chi connectivity index (χ1v) is 10.1. The number of hydrogen-bond donors (Lipinski definition) is 0. The van der Waals surface area contributed by atoms with Crippen LogP contribution in [0.25, 0.3) is 0 Å². The third-order valence-electron chi connectivity index (χ3n) is 5.60. The fourth-order valence-corrected chi connectivity index (χ4v) is 4.49. The van der Waals surface area contributed by atoms with Gasteiger partial charge in [-0.25, -0.2) is 4.79 Å². The Morgan fingerprint density at radius 2 is 1.77 bits per heavy atom. The van der Waals surface area contributed by atoms with Crippen LogP contribution in [0.3, 0.4) is 0 Å². The van der Waals surface area contributed by atoms with E-state index < -0.39 is 0 Å². The minimum absolute atomic E-state index is 0.157. The van der Waals surface area contributed by atoms with E-state index in [2.05, 4.69) is 58.9 Å². The Hall–Kier alpha value is -1.51. The van der Waals surface area contributed by atoms with Crippen molar-refractivity contribution in [2.75, 3.05) is 13.7 Å². The smallest absolute Gasteiger partial charge is 0.409 e. The zero-order valence-corrected chi connectivity index (χ0v) is 17.5. The summed E-state index contributed by atoms with van der Waals surface area (Å²) in [5, 5.41) is 0. The van der Waals surface area contributed by atoms with Gasteiger partial charge in [0.1, 0.15) is 0 Å². The number of rotatable bonds is 2. The Labute approximate surface area is 160 Å². The summed E-state index contributed by atoms with van der Waals surface area (Å²) in [6.07, 6.45) is 6.02. The van der Waals surface area contributed by atoms with Crippen LogP contribution in [0.15, 0.2) is 24.3 Å². The Morgan fingerprint density at radius 3 is 2.23 bits per heavy atom. The molecular weight excluding hydrogens is 322 g/mol. The van der Waals surface area contributed by atoms with Crippen LogP contribution in [-0.4, -0.2) is 30.7 Å². The van der Waals surface area contributed by atoms with Crippen molar-refractivity contribution in [2.45, 2.75) is 72.8 Å². The van der Waals surface area contributed by atoms with Crippen LogP contribution in [0.4, 0.5) is 4.79 Å². The van der Waals surface area contributed by atoms with E-state index in [-0.39, 0.29) is 11.5 Å². The van der Waals surface area contributed by atoms with E-state index in [1.165, 1.54) is 26.4 Å². The highest BCUT2D eigenvalue weighted by Crippen LogP contribution is 2.33. The van der Waals surface area contributed by atoms with Crippen LogP contribution in [-0.2, 0) is 17.6 Å². The number of likely N-dealkylation sites (tertiary alicyclic amines) is 1. The second kappa shape index (κ2) is 8.92. The van der Waals surface area contributed by atoms with Gasteiger partial charge >= 0.3 is 6.09 Å². The lowest BCUT2D eigenvalue weighted by Gasteiger charge is -2.33. The Bertz CT molecular complexity index is 563. The van der Waals surface area contributed by atoms with E-state index in [0.29, 0.717) is 6.04 Å². The van der Waals surface area contributed by atoms with E-state index in [9.17, 15) is 4.79 Å². The molecule has 0 spiro atoms. The van der Waals surface area contributed by atoms with Gasteiger partial charge in [0.25, 0.3) is 0 Å². The molecule has 0 bridgehead atoms. The molecule has 1 amide bonds. The number of amides is 1. The summed E-state index contributed by atoms with van der Waals surface area (Å²) in [7, 11) is 1.44. The second-order valence-electron chi connectivity index (χ2n) is 9.36. The number of hydrogen-bond acceptors (Lipinski definition) is 2. The quantitative estimate of drug-likeness (QED) is 0.677. The Kier molecular flexibility index (Phi) is 7.14. The van der Waals surface area contributed by atoms with Crippen molar-refractivity contribution in [3.63, 3.8) is 0 Å². The van der Waals surface area contributed by atoms with Crippen molar-refractivity contribution >= 4 is 6.09 Å². The van der Waals surface area contributed by atoms with Crippen LogP contribution in [0, 0.1) is 17.3 Å².